The zero-order valence-electron chi connectivity index (χ0n) is 9.13. The first-order chi connectivity index (χ1) is 6.41. The molecule has 0 bridgehead atoms. The summed E-state index contributed by atoms with van der Waals surface area (Å²) in [7, 11) is 3.33. The van der Waals surface area contributed by atoms with E-state index in [1.165, 1.54) is 0 Å². The summed E-state index contributed by atoms with van der Waals surface area (Å²) in [5.41, 5.74) is -0.743. The van der Waals surface area contributed by atoms with Gasteiger partial charge in [-0.3, -0.25) is 4.79 Å². The van der Waals surface area contributed by atoms with E-state index in [4.69, 9.17) is 0 Å². The topological polar surface area (TPSA) is 52.7 Å². The number of carbonyl (C=O) groups is 2. The number of amides is 3. The largest absolute Gasteiger partial charge is 0.342 e. The van der Waals surface area contributed by atoms with Crippen molar-refractivity contribution in [3.8, 4) is 0 Å². The molecule has 1 fully saturated rings. The van der Waals surface area contributed by atoms with E-state index in [-0.39, 0.29) is 11.9 Å². The van der Waals surface area contributed by atoms with Crippen LogP contribution in [-0.4, -0.2) is 54.5 Å². The molecule has 1 aliphatic heterocycles. The Morgan fingerprint density at radius 3 is 2.50 bits per heavy atom. The van der Waals surface area contributed by atoms with Gasteiger partial charge in [-0.25, -0.2) is 4.79 Å². The first-order valence-corrected chi connectivity index (χ1v) is 4.66. The summed E-state index contributed by atoms with van der Waals surface area (Å²) in [5.74, 6) is -0.0210. The lowest BCUT2D eigenvalue weighted by Gasteiger charge is -2.44. The predicted octanol–water partition coefficient (Wildman–Crippen LogP) is -0.122. The van der Waals surface area contributed by atoms with Gasteiger partial charge in [-0.1, -0.05) is 0 Å². The average molecular weight is 199 g/mol. The van der Waals surface area contributed by atoms with Gasteiger partial charge in [-0.15, -0.1) is 0 Å². The fraction of sp³-hybridized carbons (Fsp3) is 0.778. The van der Waals surface area contributed by atoms with Gasteiger partial charge in [-0.05, 0) is 13.8 Å². The van der Waals surface area contributed by atoms with Gasteiger partial charge in [0, 0.05) is 27.2 Å². The maximum absolute atomic E-state index is 11.8. The third-order valence-corrected chi connectivity index (χ3v) is 2.66. The quantitative estimate of drug-likeness (QED) is 0.591. The fourth-order valence-corrected chi connectivity index (χ4v) is 1.70. The van der Waals surface area contributed by atoms with Gasteiger partial charge in [0.1, 0.15) is 5.54 Å². The normalized spacial score (nSPS) is 21.0. The summed E-state index contributed by atoms with van der Waals surface area (Å²) in [5, 5.41) is 2.54. The summed E-state index contributed by atoms with van der Waals surface area (Å²) in [6.45, 7) is 4.70. The molecule has 0 unspecified atom stereocenters. The maximum atomic E-state index is 11.8. The number of nitrogens with zero attached hydrogens (tertiary/aromatic N) is 2. The van der Waals surface area contributed by atoms with Crippen molar-refractivity contribution in [3.05, 3.63) is 0 Å². The Morgan fingerprint density at radius 1 is 1.43 bits per heavy atom. The minimum absolute atomic E-state index is 0.0210. The minimum Gasteiger partial charge on any atom is -0.342 e. The van der Waals surface area contributed by atoms with Crippen LogP contribution in [-0.2, 0) is 4.79 Å². The van der Waals surface area contributed by atoms with Gasteiger partial charge in [0.05, 0.1) is 0 Å². The van der Waals surface area contributed by atoms with Crippen LogP contribution in [0.15, 0.2) is 0 Å². The summed E-state index contributed by atoms with van der Waals surface area (Å²) >= 11 is 0. The molecule has 0 aromatic heterocycles. The molecule has 0 saturated carbocycles. The second kappa shape index (κ2) is 3.48. The van der Waals surface area contributed by atoms with Crippen molar-refractivity contribution in [1.29, 1.82) is 0 Å². The number of hydrogen-bond acceptors (Lipinski definition) is 2. The molecule has 14 heavy (non-hydrogen) atoms. The Balaban J connectivity index is 2.89. The summed E-state index contributed by atoms with van der Waals surface area (Å²) in [6.07, 6.45) is 0. The van der Waals surface area contributed by atoms with E-state index in [1.807, 2.05) is 0 Å². The minimum atomic E-state index is -0.743. The van der Waals surface area contributed by atoms with E-state index in [2.05, 4.69) is 5.32 Å². The highest BCUT2D eigenvalue weighted by atomic mass is 16.2. The van der Waals surface area contributed by atoms with Crippen molar-refractivity contribution >= 4 is 11.9 Å². The molecule has 0 aromatic rings. The molecule has 80 valence electrons. The number of nitrogens with one attached hydrogen (secondary N) is 1. The van der Waals surface area contributed by atoms with Crippen molar-refractivity contribution in [2.45, 2.75) is 19.4 Å². The molecule has 3 amide bonds. The Labute approximate surface area is 84.0 Å². The molecule has 0 spiro atoms. The highest BCUT2D eigenvalue weighted by Crippen LogP contribution is 2.21. The molecule has 5 nitrogen and oxygen atoms in total. The molecule has 0 radical (unpaired) electrons. The molecule has 0 aliphatic carbocycles. The van der Waals surface area contributed by atoms with Gasteiger partial charge in [0.25, 0.3) is 0 Å². The van der Waals surface area contributed by atoms with Gasteiger partial charge in [-0.2, -0.15) is 0 Å². The van der Waals surface area contributed by atoms with E-state index < -0.39 is 5.54 Å². The van der Waals surface area contributed by atoms with E-state index in [0.29, 0.717) is 13.1 Å². The molecule has 5 heteroatoms. The first-order valence-electron chi connectivity index (χ1n) is 4.66. The summed E-state index contributed by atoms with van der Waals surface area (Å²) in [6, 6.07) is -0.198. The van der Waals surface area contributed by atoms with Crippen LogP contribution < -0.4 is 5.32 Å². The smallest absolute Gasteiger partial charge is 0.318 e. The number of hydrogen-bond donors (Lipinski definition) is 1. The molecule has 1 rings (SSSR count). The van der Waals surface area contributed by atoms with Crippen LogP contribution >= 0.6 is 0 Å². The Kier molecular flexibility index (Phi) is 2.69. The SMILES string of the molecule is CNC(=O)N1CCN(C)C(=O)C1(C)C. The molecular weight excluding hydrogens is 182 g/mol. The van der Waals surface area contributed by atoms with Gasteiger partial charge >= 0.3 is 6.03 Å². The summed E-state index contributed by atoms with van der Waals surface area (Å²) < 4.78 is 0. The van der Waals surface area contributed by atoms with Crippen molar-refractivity contribution in [2.24, 2.45) is 0 Å². The third kappa shape index (κ3) is 1.54. The monoisotopic (exact) mass is 199 g/mol. The van der Waals surface area contributed by atoms with Gasteiger partial charge in [0.2, 0.25) is 5.91 Å². The molecule has 0 aromatic carbocycles. The maximum Gasteiger partial charge on any atom is 0.318 e. The zero-order chi connectivity index (χ0) is 10.9. The Hall–Kier alpha value is -1.26. The van der Waals surface area contributed by atoms with E-state index in [1.54, 1.807) is 37.7 Å². The second-order valence-corrected chi connectivity index (χ2v) is 3.99. The van der Waals surface area contributed by atoms with Crippen molar-refractivity contribution < 1.29 is 9.59 Å². The van der Waals surface area contributed by atoms with Crippen LogP contribution in [0, 0.1) is 0 Å². The molecule has 1 N–H and O–H groups in total. The molecular formula is C9H17N3O2. The molecule has 1 heterocycles. The zero-order valence-corrected chi connectivity index (χ0v) is 9.13. The van der Waals surface area contributed by atoms with Gasteiger partial charge in [0.15, 0.2) is 0 Å². The van der Waals surface area contributed by atoms with Crippen LogP contribution in [0.2, 0.25) is 0 Å². The second-order valence-electron chi connectivity index (χ2n) is 3.99. The predicted molar refractivity (Wildman–Crippen MR) is 52.9 cm³/mol. The number of carbonyl (C=O) groups excluding carboxylic acids is 2. The molecule has 0 atom stereocenters. The lowest BCUT2D eigenvalue weighted by Crippen LogP contribution is -2.65. The van der Waals surface area contributed by atoms with Crippen molar-refractivity contribution in [1.82, 2.24) is 15.1 Å². The number of likely N-dealkylation sites (N-methyl/N-ethyl adjacent to an activating group) is 1. The Bertz CT molecular complexity index is 263. The fourth-order valence-electron chi connectivity index (χ4n) is 1.70. The van der Waals surface area contributed by atoms with Crippen LogP contribution in [0.4, 0.5) is 4.79 Å². The lowest BCUT2D eigenvalue weighted by atomic mass is 9.98. The average Bonchev–Trinajstić information content (AvgIpc) is 2.13. The number of urea groups is 1. The highest BCUT2D eigenvalue weighted by molar-refractivity contribution is 5.91. The first kappa shape index (κ1) is 10.8. The standard InChI is InChI=1S/C9H17N3O2/c1-9(2)7(13)11(4)5-6-12(9)8(14)10-3/h5-6H2,1-4H3,(H,10,14). The van der Waals surface area contributed by atoms with Crippen molar-refractivity contribution in [2.75, 3.05) is 27.2 Å². The van der Waals surface area contributed by atoms with Crippen LogP contribution in [0.5, 0.6) is 0 Å². The molecule has 1 aliphatic rings. The van der Waals surface area contributed by atoms with Crippen LogP contribution in [0.1, 0.15) is 13.8 Å². The van der Waals surface area contributed by atoms with Crippen molar-refractivity contribution in [3.63, 3.8) is 0 Å². The van der Waals surface area contributed by atoms with E-state index in [9.17, 15) is 9.59 Å². The highest BCUT2D eigenvalue weighted by Gasteiger charge is 2.42. The van der Waals surface area contributed by atoms with Crippen LogP contribution in [0.25, 0.3) is 0 Å². The van der Waals surface area contributed by atoms with E-state index in [0.717, 1.165) is 0 Å². The number of piperazine rings is 1. The Morgan fingerprint density at radius 2 is 2.00 bits per heavy atom. The third-order valence-electron chi connectivity index (χ3n) is 2.66. The van der Waals surface area contributed by atoms with Crippen LogP contribution in [0.3, 0.4) is 0 Å². The van der Waals surface area contributed by atoms with E-state index >= 15 is 0 Å². The lowest BCUT2D eigenvalue weighted by molar-refractivity contribution is -0.144. The summed E-state index contributed by atoms with van der Waals surface area (Å²) in [4.78, 5) is 26.5. The number of rotatable bonds is 0. The van der Waals surface area contributed by atoms with Gasteiger partial charge < -0.3 is 15.1 Å². The molecule has 1 saturated heterocycles.